The number of methoxy groups -OCH3 is 1. The lowest BCUT2D eigenvalue weighted by Crippen LogP contribution is -2.37. The van der Waals surface area contributed by atoms with Crippen LogP contribution in [0, 0.1) is 12.8 Å². The van der Waals surface area contributed by atoms with Crippen molar-refractivity contribution < 1.29 is 14.6 Å². The standard InChI is InChI=1S/C22H29NO3/c1-17-5-8-21(9-6-17)26-16-19-4-3-11-23(14-19)13-18-7-10-22(25-2)20(12-18)15-24/h5-10,12,19,24H,3-4,11,13-16H2,1-2H3/t19-/m1/s1. The number of hydrogen-bond acceptors (Lipinski definition) is 4. The number of hydrogen-bond donors (Lipinski definition) is 1. The Labute approximate surface area is 156 Å². The number of rotatable bonds is 7. The highest BCUT2D eigenvalue weighted by atomic mass is 16.5. The van der Waals surface area contributed by atoms with E-state index in [1.54, 1.807) is 7.11 Å². The Morgan fingerprint density at radius 2 is 1.96 bits per heavy atom. The molecule has 0 radical (unpaired) electrons. The van der Waals surface area contributed by atoms with E-state index >= 15 is 0 Å². The van der Waals surface area contributed by atoms with Gasteiger partial charge in [-0.1, -0.05) is 23.8 Å². The average Bonchev–Trinajstić information content (AvgIpc) is 2.68. The summed E-state index contributed by atoms with van der Waals surface area (Å²) in [4.78, 5) is 2.48. The molecule has 4 heteroatoms. The molecule has 2 aromatic carbocycles. The van der Waals surface area contributed by atoms with E-state index in [-0.39, 0.29) is 6.61 Å². The first-order chi connectivity index (χ1) is 12.7. The zero-order valence-corrected chi connectivity index (χ0v) is 15.8. The quantitative estimate of drug-likeness (QED) is 0.821. The van der Waals surface area contributed by atoms with Crippen LogP contribution in [0.1, 0.15) is 29.5 Å². The molecule has 0 amide bonds. The molecule has 1 aliphatic heterocycles. The molecule has 0 aromatic heterocycles. The Morgan fingerprint density at radius 3 is 2.69 bits per heavy atom. The molecule has 0 bridgehead atoms. The first-order valence-electron chi connectivity index (χ1n) is 9.36. The summed E-state index contributed by atoms with van der Waals surface area (Å²) in [7, 11) is 1.64. The fourth-order valence-electron chi connectivity index (χ4n) is 3.59. The minimum absolute atomic E-state index is 0.00400. The zero-order valence-electron chi connectivity index (χ0n) is 15.8. The number of piperidine rings is 1. The molecule has 2 aromatic rings. The van der Waals surface area contributed by atoms with Crippen LogP contribution >= 0.6 is 0 Å². The Morgan fingerprint density at radius 1 is 1.15 bits per heavy atom. The molecule has 1 heterocycles. The zero-order chi connectivity index (χ0) is 18.4. The second-order valence-electron chi connectivity index (χ2n) is 7.17. The van der Waals surface area contributed by atoms with Crippen molar-refractivity contribution in [1.29, 1.82) is 0 Å². The third-order valence-corrected chi connectivity index (χ3v) is 5.03. The van der Waals surface area contributed by atoms with Crippen molar-refractivity contribution >= 4 is 0 Å². The Kier molecular flexibility index (Phi) is 6.53. The van der Waals surface area contributed by atoms with E-state index in [0.717, 1.165) is 43.3 Å². The minimum atomic E-state index is 0.00400. The van der Waals surface area contributed by atoms with Crippen molar-refractivity contribution in [2.75, 3.05) is 26.8 Å². The van der Waals surface area contributed by atoms with Crippen LogP contribution in [-0.2, 0) is 13.2 Å². The van der Waals surface area contributed by atoms with Gasteiger partial charge in [0.05, 0.1) is 20.3 Å². The molecular formula is C22H29NO3. The number of aliphatic hydroxyl groups is 1. The van der Waals surface area contributed by atoms with Gasteiger partial charge in [0.2, 0.25) is 0 Å². The van der Waals surface area contributed by atoms with E-state index in [9.17, 15) is 5.11 Å². The molecular weight excluding hydrogens is 326 g/mol. The lowest BCUT2D eigenvalue weighted by molar-refractivity contribution is 0.125. The molecule has 1 fully saturated rings. The van der Waals surface area contributed by atoms with Crippen molar-refractivity contribution in [3.05, 3.63) is 59.2 Å². The SMILES string of the molecule is COc1ccc(CN2CCC[C@@H](COc3ccc(C)cc3)C2)cc1CO. The van der Waals surface area contributed by atoms with Crippen molar-refractivity contribution in [3.8, 4) is 11.5 Å². The van der Waals surface area contributed by atoms with Gasteiger partial charge in [0.15, 0.2) is 0 Å². The van der Waals surface area contributed by atoms with Crippen molar-refractivity contribution in [3.63, 3.8) is 0 Å². The van der Waals surface area contributed by atoms with Crippen LogP contribution in [0.2, 0.25) is 0 Å². The smallest absolute Gasteiger partial charge is 0.124 e. The van der Waals surface area contributed by atoms with E-state index in [2.05, 4.69) is 30.0 Å². The van der Waals surface area contributed by atoms with Gasteiger partial charge in [0.1, 0.15) is 11.5 Å². The van der Waals surface area contributed by atoms with Crippen LogP contribution in [0.5, 0.6) is 11.5 Å². The van der Waals surface area contributed by atoms with E-state index < -0.39 is 0 Å². The fourth-order valence-corrected chi connectivity index (χ4v) is 3.59. The number of ether oxygens (including phenoxy) is 2. The van der Waals surface area contributed by atoms with Gasteiger partial charge < -0.3 is 14.6 Å². The van der Waals surface area contributed by atoms with Crippen molar-refractivity contribution in [2.45, 2.75) is 32.9 Å². The number of benzene rings is 2. The molecule has 1 N–H and O–H groups in total. The van der Waals surface area contributed by atoms with Crippen LogP contribution < -0.4 is 9.47 Å². The molecule has 0 spiro atoms. The summed E-state index contributed by atoms with van der Waals surface area (Å²) in [5.41, 5.74) is 3.32. The Bertz CT molecular complexity index is 699. The van der Waals surface area contributed by atoms with Gasteiger partial charge in [0.25, 0.3) is 0 Å². The van der Waals surface area contributed by atoms with Gasteiger partial charge in [-0.05, 0) is 56.1 Å². The largest absolute Gasteiger partial charge is 0.496 e. The number of aryl methyl sites for hydroxylation is 1. The van der Waals surface area contributed by atoms with Gasteiger partial charge in [-0.25, -0.2) is 0 Å². The topological polar surface area (TPSA) is 41.9 Å². The summed E-state index contributed by atoms with van der Waals surface area (Å²) in [6.45, 7) is 5.92. The molecule has 1 saturated heterocycles. The summed E-state index contributed by atoms with van der Waals surface area (Å²) >= 11 is 0. The fraction of sp³-hybridized carbons (Fsp3) is 0.455. The first kappa shape index (κ1) is 18.7. The van der Waals surface area contributed by atoms with Gasteiger partial charge in [0, 0.05) is 24.6 Å². The molecule has 1 atom stereocenters. The summed E-state index contributed by atoms with van der Waals surface area (Å²) in [6, 6.07) is 14.3. The monoisotopic (exact) mass is 355 g/mol. The van der Waals surface area contributed by atoms with Crippen LogP contribution in [0.25, 0.3) is 0 Å². The van der Waals surface area contributed by atoms with Crippen LogP contribution in [-0.4, -0.2) is 36.8 Å². The van der Waals surface area contributed by atoms with Gasteiger partial charge in [-0.3, -0.25) is 4.90 Å². The average molecular weight is 355 g/mol. The summed E-state index contributed by atoms with van der Waals surface area (Å²) in [5, 5.41) is 9.51. The van der Waals surface area contributed by atoms with E-state index in [0.29, 0.717) is 5.92 Å². The number of nitrogens with zero attached hydrogens (tertiary/aromatic N) is 1. The molecule has 0 saturated carbocycles. The molecule has 0 aliphatic carbocycles. The van der Waals surface area contributed by atoms with Crippen LogP contribution in [0.15, 0.2) is 42.5 Å². The maximum atomic E-state index is 9.51. The molecule has 0 unspecified atom stereocenters. The Hall–Kier alpha value is -2.04. The van der Waals surface area contributed by atoms with E-state index in [1.165, 1.54) is 24.0 Å². The number of likely N-dealkylation sites (tertiary alicyclic amines) is 1. The van der Waals surface area contributed by atoms with Crippen LogP contribution in [0.3, 0.4) is 0 Å². The van der Waals surface area contributed by atoms with Gasteiger partial charge >= 0.3 is 0 Å². The molecule has 4 nitrogen and oxygen atoms in total. The highest BCUT2D eigenvalue weighted by Gasteiger charge is 2.21. The third kappa shape index (κ3) is 4.99. The molecule has 3 rings (SSSR count). The lowest BCUT2D eigenvalue weighted by atomic mass is 9.98. The molecule has 26 heavy (non-hydrogen) atoms. The summed E-state index contributed by atoms with van der Waals surface area (Å²) in [6.07, 6.45) is 2.41. The highest BCUT2D eigenvalue weighted by molar-refractivity contribution is 5.36. The predicted octanol–water partition coefficient (Wildman–Crippen LogP) is 3.79. The number of aliphatic hydroxyl groups excluding tert-OH is 1. The van der Waals surface area contributed by atoms with Crippen LogP contribution in [0.4, 0.5) is 0 Å². The predicted molar refractivity (Wildman–Crippen MR) is 104 cm³/mol. The van der Waals surface area contributed by atoms with Gasteiger partial charge in [-0.2, -0.15) is 0 Å². The normalized spacial score (nSPS) is 17.9. The summed E-state index contributed by atoms with van der Waals surface area (Å²) in [5.74, 6) is 2.26. The summed E-state index contributed by atoms with van der Waals surface area (Å²) < 4.78 is 11.3. The lowest BCUT2D eigenvalue weighted by Gasteiger charge is -2.32. The highest BCUT2D eigenvalue weighted by Crippen LogP contribution is 2.24. The second-order valence-corrected chi connectivity index (χ2v) is 7.17. The maximum Gasteiger partial charge on any atom is 0.124 e. The first-order valence-corrected chi connectivity index (χ1v) is 9.36. The minimum Gasteiger partial charge on any atom is -0.496 e. The van der Waals surface area contributed by atoms with Gasteiger partial charge in [-0.15, -0.1) is 0 Å². The molecule has 140 valence electrons. The van der Waals surface area contributed by atoms with Crippen molar-refractivity contribution in [1.82, 2.24) is 4.90 Å². The van der Waals surface area contributed by atoms with E-state index in [1.807, 2.05) is 24.3 Å². The second kappa shape index (κ2) is 9.06. The van der Waals surface area contributed by atoms with E-state index in [4.69, 9.17) is 9.47 Å². The Balaban J connectivity index is 1.54. The third-order valence-electron chi connectivity index (χ3n) is 5.03. The maximum absolute atomic E-state index is 9.51. The molecule has 1 aliphatic rings. The van der Waals surface area contributed by atoms with Crippen molar-refractivity contribution in [2.24, 2.45) is 5.92 Å².